The molecule has 66 valence electrons. The van der Waals surface area contributed by atoms with Gasteiger partial charge >= 0.3 is 0 Å². The van der Waals surface area contributed by atoms with Crippen LogP contribution in [0, 0.1) is 5.82 Å². The number of nitrogens with zero attached hydrogens (tertiary/aromatic N) is 3. The Morgan fingerprint density at radius 2 is 2.23 bits per heavy atom. The zero-order chi connectivity index (χ0) is 9.26. The lowest BCUT2D eigenvalue weighted by atomic mass is 10.3. The summed E-state index contributed by atoms with van der Waals surface area (Å²) in [5, 5.41) is 7.63. The Balaban J connectivity index is 2.53. The van der Waals surface area contributed by atoms with Crippen molar-refractivity contribution < 1.29 is 4.39 Å². The van der Waals surface area contributed by atoms with Crippen molar-refractivity contribution in [3.63, 3.8) is 0 Å². The van der Waals surface area contributed by atoms with Crippen molar-refractivity contribution >= 4 is 11.6 Å². The molecule has 0 saturated carbocycles. The molecular formula is C8H5ClFN3. The molecule has 0 aliphatic carbocycles. The lowest BCUT2D eigenvalue weighted by molar-refractivity contribution is 0.625. The fraction of sp³-hybridized carbons (Fsp3) is 0. The minimum atomic E-state index is -0.330. The van der Waals surface area contributed by atoms with Crippen LogP contribution in [0.1, 0.15) is 0 Å². The molecule has 5 heteroatoms. The minimum absolute atomic E-state index is 0.330. The third-order valence-electron chi connectivity index (χ3n) is 1.56. The van der Waals surface area contributed by atoms with E-state index in [1.165, 1.54) is 23.0 Å². The molecule has 0 aliphatic heterocycles. The number of hydrogen-bond donors (Lipinski definition) is 0. The summed E-state index contributed by atoms with van der Waals surface area (Å²) in [6.07, 6.45) is 1.40. The molecule has 0 saturated heterocycles. The summed E-state index contributed by atoms with van der Waals surface area (Å²) in [4.78, 5) is 0. The Morgan fingerprint density at radius 1 is 1.38 bits per heavy atom. The molecule has 0 radical (unpaired) electrons. The van der Waals surface area contributed by atoms with Crippen molar-refractivity contribution in [1.82, 2.24) is 15.0 Å². The van der Waals surface area contributed by atoms with E-state index >= 15 is 0 Å². The lowest BCUT2D eigenvalue weighted by Crippen LogP contribution is -1.96. The highest BCUT2D eigenvalue weighted by Crippen LogP contribution is 2.13. The molecule has 0 unspecified atom stereocenters. The third kappa shape index (κ3) is 1.53. The second-order valence-electron chi connectivity index (χ2n) is 2.45. The molecule has 0 bridgehead atoms. The summed E-state index contributed by atoms with van der Waals surface area (Å²) in [7, 11) is 0. The topological polar surface area (TPSA) is 30.7 Å². The monoisotopic (exact) mass is 197 g/mol. The maximum absolute atomic E-state index is 12.8. The molecule has 2 aromatic rings. The van der Waals surface area contributed by atoms with Crippen LogP contribution in [0.25, 0.3) is 5.69 Å². The van der Waals surface area contributed by atoms with Crippen molar-refractivity contribution in [3.05, 3.63) is 41.4 Å². The first kappa shape index (κ1) is 8.19. The Bertz CT molecular complexity index is 427. The van der Waals surface area contributed by atoms with Gasteiger partial charge in [0.1, 0.15) is 5.82 Å². The number of rotatable bonds is 1. The van der Waals surface area contributed by atoms with Gasteiger partial charge in [0, 0.05) is 0 Å². The molecule has 0 atom stereocenters. The number of aromatic nitrogens is 3. The first-order valence-electron chi connectivity index (χ1n) is 3.59. The number of halogens is 2. The maximum Gasteiger partial charge on any atom is 0.153 e. The van der Waals surface area contributed by atoms with Crippen LogP contribution in [0.15, 0.2) is 30.5 Å². The van der Waals surface area contributed by atoms with Crippen molar-refractivity contribution in [2.24, 2.45) is 0 Å². The Labute approximate surface area is 78.8 Å². The summed E-state index contributed by atoms with van der Waals surface area (Å²) in [5.41, 5.74) is 0.558. The fourth-order valence-electron chi connectivity index (χ4n) is 1.01. The predicted octanol–water partition coefficient (Wildman–Crippen LogP) is 2.06. The molecular weight excluding hydrogens is 193 g/mol. The highest BCUT2D eigenvalue weighted by atomic mass is 35.5. The van der Waals surface area contributed by atoms with Gasteiger partial charge in [-0.3, -0.25) is 0 Å². The van der Waals surface area contributed by atoms with Gasteiger partial charge in [0.15, 0.2) is 5.15 Å². The number of hydrogen-bond acceptors (Lipinski definition) is 2. The van der Waals surface area contributed by atoms with Crippen LogP contribution in [0.2, 0.25) is 5.15 Å². The Hall–Kier alpha value is -1.42. The van der Waals surface area contributed by atoms with E-state index in [0.717, 1.165) is 0 Å². The van der Waals surface area contributed by atoms with Crippen LogP contribution in [-0.2, 0) is 0 Å². The van der Waals surface area contributed by atoms with E-state index in [-0.39, 0.29) is 5.82 Å². The highest BCUT2D eigenvalue weighted by molar-refractivity contribution is 6.29. The summed E-state index contributed by atoms with van der Waals surface area (Å²) in [6, 6.07) is 5.97. The lowest BCUT2D eigenvalue weighted by Gasteiger charge is -2.00. The fourth-order valence-corrected chi connectivity index (χ4v) is 1.18. The molecule has 13 heavy (non-hydrogen) atoms. The van der Waals surface area contributed by atoms with Crippen molar-refractivity contribution in [2.45, 2.75) is 0 Å². The molecule has 0 N–H and O–H groups in total. The average molecular weight is 198 g/mol. The second-order valence-corrected chi connectivity index (χ2v) is 2.84. The quantitative estimate of drug-likeness (QED) is 0.701. The molecule has 1 aromatic carbocycles. The third-order valence-corrected chi connectivity index (χ3v) is 1.82. The summed E-state index contributed by atoms with van der Waals surface area (Å²) in [5.74, 6) is -0.330. The van der Waals surface area contributed by atoms with Gasteiger partial charge in [-0.2, -0.15) is 0 Å². The highest BCUT2D eigenvalue weighted by Gasteiger charge is 2.03. The summed E-state index contributed by atoms with van der Waals surface area (Å²) < 4.78 is 14.1. The van der Waals surface area contributed by atoms with Gasteiger partial charge in [-0.05, 0) is 18.2 Å². The van der Waals surface area contributed by atoms with Gasteiger partial charge < -0.3 is 0 Å². The van der Waals surface area contributed by atoms with E-state index in [0.29, 0.717) is 10.8 Å². The van der Waals surface area contributed by atoms with Crippen molar-refractivity contribution in [2.75, 3.05) is 0 Å². The molecule has 1 heterocycles. The van der Waals surface area contributed by atoms with Gasteiger partial charge in [-0.25, -0.2) is 9.07 Å². The zero-order valence-electron chi connectivity index (χ0n) is 6.48. The van der Waals surface area contributed by atoms with Gasteiger partial charge in [-0.1, -0.05) is 22.9 Å². The van der Waals surface area contributed by atoms with Crippen LogP contribution in [0.4, 0.5) is 4.39 Å². The van der Waals surface area contributed by atoms with Gasteiger partial charge in [0.05, 0.1) is 11.9 Å². The van der Waals surface area contributed by atoms with E-state index in [1.807, 2.05) is 0 Å². The van der Waals surface area contributed by atoms with E-state index in [9.17, 15) is 4.39 Å². The van der Waals surface area contributed by atoms with Crippen LogP contribution >= 0.6 is 11.6 Å². The molecule has 2 rings (SSSR count). The van der Waals surface area contributed by atoms with Gasteiger partial charge in [-0.15, -0.1) is 5.10 Å². The predicted molar refractivity (Wildman–Crippen MR) is 46.3 cm³/mol. The van der Waals surface area contributed by atoms with Crippen molar-refractivity contribution in [1.29, 1.82) is 0 Å². The van der Waals surface area contributed by atoms with Crippen molar-refractivity contribution in [3.8, 4) is 5.69 Å². The minimum Gasteiger partial charge on any atom is -0.207 e. The van der Waals surface area contributed by atoms with Crippen LogP contribution in [0.5, 0.6) is 0 Å². The first-order chi connectivity index (χ1) is 6.27. The molecule has 0 fully saturated rings. The van der Waals surface area contributed by atoms with Gasteiger partial charge in [0.25, 0.3) is 0 Å². The SMILES string of the molecule is Fc1cccc(-n2nncc2Cl)c1. The first-order valence-corrected chi connectivity index (χ1v) is 3.97. The molecule has 0 spiro atoms. The standard InChI is InChI=1S/C8H5ClFN3/c9-8-5-11-12-13(8)7-3-1-2-6(10)4-7/h1-5H. The van der Waals surface area contributed by atoms with Crippen LogP contribution < -0.4 is 0 Å². The Morgan fingerprint density at radius 3 is 2.85 bits per heavy atom. The second kappa shape index (κ2) is 3.14. The van der Waals surface area contributed by atoms with E-state index < -0.39 is 0 Å². The zero-order valence-corrected chi connectivity index (χ0v) is 7.24. The van der Waals surface area contributed by atoms with Crippen LogP contribution in [0.3, 0.4) is 0 Å². The van der Waals surface area contributed by atoms with Crippen LogP contribution in [-0.4, -0.2) is 15.0 Å². The largest absolute Gasteiger partial charge is 0.207 e. The maximum atomic E-state index is 12.8. The molecule has 0 amide bonds. The Kier molecular flexibility index (Phi) is 1.98. The number of benzene rings is 1. The van der Waals surface area contributed by atoms with E-state index in [4.69, 9.17) is 11.6 Å². The molecule has 0 aliphatic rings. The van der Waals surface area contributed by atoms with E-state index in [2.05, 4.69) is 10.3 Å². The smallest absolute Gasteiger partial charge is 0.153 e. The molecule has 1 aromatic heterocycles. The van der Waals surface area contributed by atoms with Gasteiger partial charge in [0.2, 0.25) is 0 Å². The normalized spacial score (nSPS) is 10.3. The average Bonchev–Trinajstić information content (AvgIpc) is 2.51. The van der Waals surface area contributed by atoms with E-state index in [1.54, 1.807) is 12.1 Å². The summed E-state index contributed by atoms with van der Waals surface area (Å²) >= 11 is 5.74. The summed E-state index contributed by atoms with van der Waals surface area (Å²) in [6.45, 7) is 0. The molecule has 3 nitrogen and oxygen atoms in total.